The Morgan fingerprint density at radius 2 is 2.00 bits per heavy atom. The van der Waals surface area contributed by atoms with E-state index in [1.807, 2.05) is 0 Å². The van der Waals surface area contributed by atoms with Crippen molar-refractivity contribution in [1.29, 1.82) is 0 Å². The van der Waals surface area contributed by atoms with Crippen LogP contribution in [0.3, 0.4) is 0 Å². The maximum atomic E-state index is 11.4. The highest BCUT2D eigenvalue weighted by atomic mass is 16.5. The number of rotatable bonds is 9. The summed E-state index contributed by atoms with van der Waals surface area (Å²) in [6, 6.07) is 0. The Morgan fingerprint density at radius 3 is 2.53 bits per heavy atom. The van der Waals surface area contributed by atoms with E-state index in [4.69, 9.17) is 14.6 Å². The summed E-state index contributed by atoms with van der Waals surface area (Å²) >= 11 is 0. The van der Waals surface area contributed by atoms with Gasteiger partial charge in [-0.25, -0.2) is 0 Å². The maximum Gasteiger partial charge on any atom is 0.222 e. The number of hydrogen-bond donors (Lipinski definition) is 1. The number of ether oxygens (including phenoxy) is 2. The molecule has 0 unspecified atom stereocenters. The first-order valence-corrected chi connectivity index (χ1v) is 5.21. The number of aliphatic hydroxyl groups is 1. The molecule has 90 valence electrons. The molecule has 0 aliphatic carbocycles. The van der Waals surface area contributed by atoms with Crippen LogP contribution in [0.15, 0.2) is 0 Å². The van der Waals surface area contributed by atoms with Crippen molar-refractivity contribution in [1.82, 2.24) is 4.90 Å². The van der Waals surface area contributed by atoms with Crippen molar-refractivity contribution in [2.45, 2.75) is 13.3 Å². The fraction of sp³-hybridized carbons (Fsp3) is 0.900. The van der Waals surface area contributed by atoms with E-state index in [1.54, 1.807) is 18.9 Å². The first kappa shape index (κ1) is 14.3. The minimum Gasteiger partial charge on any atom is -0.395 e. The Hall–Kier alpha value is -0.650. The molecule has 15 heavy (non-hydrogen) atoms. The van der Waals surface area contributed by atoms with E-state index in [2.05, 4.69) is 0 Å². The molecule has 0 aliphatic heterocycles. The molecule has 1 N–H and O–H groups in total. The Morgan fingerprint density at radius 1 is 1.27 bits per heavy atom. The second kappa shape index (κ2) is 9.89. The average Bonchev–Trinajstić information content (AvgIpc) is 2.26. The quantitative estimate of drug-likeness (QED) is 0.549. The van der Waals surface area contributed by atoms with E-state index >= 15 is 0 Å². The van der Waals surface area contributed by atoms with E-state index in [0.29, 0.717) is 39.3 Å². The average molecular weight is 219 g/mol. The molecule has 0 saturated heterocycles. The summed E-state index contributed by atoms with van der Waals surface area (Å²) in [5, 5.41) is 8.77. The number of carbonyl (C=O) groups is 1. The van der Waals surface area contributed by atoms with Gasteiger partial charge in [-0.3, -0.25) is 4.79 Å². The number of nitrogens with zero attached hydrogens (tertiary/aromatic N) is 1. The van der Waals surface area contributed by atoms with E-state index in [-0.39, 0.29) is 12.5 Å². The predicted octanol–water partition coefficient (Wildman–Crippen LogP) is -0.120. The van der Waals surface area contributed by atoms with Gasteiger partial charge >= 0.3 is 0 Å². The van der Waals surface area contributed by atoms with Gasteiger partial charge in [-0.15, -0.1) is 0 Å². The van der Waals surface area contributed by atoms with Crippen LogP contribution in [-0.4, -0.2) is 62.5 Å². The van der Waals surface area contributed by atoms with Gasteiger partial charge in [0.2, 0.25) is 5.91 Å². The molecule has 0 heterocycles. The summed E-state index contributed by atoms with van der Waals surface area (Å²) in [4.78, 5) is 13.0. The van der Waals surface area contributed by atoms with Crippen LogP contribution < -0.4 is 0 Å². The molecule has 0 fully saturated rings. The van der Waals surface area contributed by atoms with Crippen LogP contribution in [0.5, 0.6) is 0 Å². The largest absolute Gasteiger partial charge is 0.395 e. The van der Waals surface area contributed by atoms with E-state index in [9.17, 15) is 4.79 Å². The highest BCUT2D eigenvalue weighted by Gasteiger charge is 2.09. The van der Waals surface area contributed by atoms with Gasteiger partial charge in [0.25, 0.3) is 0 Å². The number of aliphatic hydroxyl groups excluding tert-OH is 1. The fourth-order valence-electron chi connectivity index (χ4n) is 1.12. The molecule has 0 rings (SSSR count). The van der Waals surface area contributed by atoms with Crippen LogP contribution in [0.4, 0.5) is 0 Å². The Bertz CT molecular complexity index is 164. The summed E-state index contributed by atoms with van der Waals surface area (Å²) in [6.07, 6.45) is 0.456. The summed E-state index contributed by atoms with van der Waals surface area (Å²) in [5.41, 5.74) is 0. The maximum absolute atomic E-state index is 11.4. The van der Waals surface area contributed by atoms with Gasteiger partial charge in [0.1, 0.15) is 0 Å². The Labute approximate surface area is 91.0 Å². The minimum absolute atomic E-state index is 0.0101. The van der Waals surface area contributed by atoms with Crippen molar-refractivity contribution in [3.8, 4) is 0 Å². The van der Waals surface area contributed by atoms with Gasteiger partial charge in [-0.2, -0.15) is 0 Å². The molecule has 1 amide bonds. The molecule has 0 spiro atoms. The predicted molar refractivity (Wildman–Crippen MR) is 56.7 cm³/mol. The number of amides is 1. The fourth-order valence-corrected chi connectivity index (χ4v) is 1.12. The van der Waals surface area contributed by atoms with Gasteiger partial charge in [0.15, 0.2) is 0 Å². The topological polar surface area (TPSA) is 59.0 Å². The molecule has 0 radical (unpaired) electrons. The first-order chi connectivity index (χ1) is 7.26. The summed E-state index contributed by atoms with van der Waals surface area (Å²) in [7, 11) is 1.61. The zero-order chi connectivity index (χ0) is 11.5. The molecule has 0 aromatic carbocycles. The van der Waals surface area contributed by atoms with Crippen molar-refractivity contribution in [3.63, 3.8) is 0 Å². The Kier molecular flexibility index (Phi) is 9.46. The first-order valence-electron chi connectivity index (χ1n) is 5.21. The smallest absolute Gasteiger partial charge is 0.222 e. The lowest BCUT2D eigenvalue weighted by atomic mass is 10.4. The van der Waals surface area contributed by atoms with E-state index < -0.39 is 0 Å². The molecular formula is C10H21NO4. The van der Waals surface area contributed by atoms with Crippen LogP contribution in [0.1, 0.15) is 13.3 Å². The van der Waals surface area contributed by atoms with Gasteiger partial charge in [0.05, 0.1) is 26.4 Å². The number of methoxy groups -OCH3 is 1. The normalized spacial score (nSPS) is 10.3. The second-order valence-electron chi connectivity index (χ2n) is 3.06. The highest BCUT2D eigenvalue weighted by molar-refractivity contribution is 5.75. The van der Waals surface area contributed by atoms with Gasteiger partial charge < -0.3 is 19.5 Å². The van der Waals surface area contributed by atoms with Crippen molar-refractivity contribution in [2.24, 2.45) is 0 Å². The van der Waals surface area contributed by atoms with E-state index in [0.717, 1.165) is 0 Å². The van der Waals surface area contributed by atoms with Gasteiger partial charge in [0, 0.05) is 26.6 Å². The molecule has 5 heteroatoms. The molecule has 0 aliphatic rings. The number of carbonyl (C=O) groups excluding carboxylic acids is 1. The van der Waals surface area contributed by atoms with Crippen LogP contribution in [0.25, 0.3) is 0 Å². The molecular weight excluding hydrogens is 198 g/mol. The standard InChI is InChI=1S/C10H21NO4/c1-3-10(13)11(4-6-12)5-7-15-9-8-14-2/h12H,3-9H2,1-2H3. The van der Waals surface area contributed by atoms with E-state index in [1.165, 1.54) is 0 Å². The highest BCUT2D eigenvalue weighted by Crippen LogP contribution is 1.93. The summed E-state index contributed by atoms with van der Waals surface area (Å²) in [6.45, 7) is 4.26. The SMILES string of the molecule is CCC(=O)N(CCO)CCOCCOC. The summed E-state index contributed by atoms with van der Waals surface area (Å²) < 4.78 is 10.1. The Balaban J connectivity index is 3.61. The monoisotopic (exact) mass is 219 g/mol. The molecule has 0 atom stereocenters. The minimum atomic E-state index is -0.0101. The van der Waals surface area contributed by atoms with Crippen molar-refractivity contribution in [3.05, 3.63) is 0 Å². The lowest BCUT2D eigenvalue weighted by Gasteiger charge is -2.20. The van der Waals surface area contributed by atoms with Crippen molar-refractivity contribution < 1.29 is 19.4 Å². The second-order valence-corrected chi connectivity index (χ2v) is 3.06. The molecule has 5 nitrogen and oxygen atoms in total. The summed E-state index contributed by atoms with van der Waals surface area (Å²) in [5.74, 6) is 0.0411. The van der Waals surface area contributed by atoms with Crippen LogP contribution in [0, 0.1) is 0 Å². The third-order valence-electron chi connectivity index (χ3n) is 1.96. The van der Waals surface area contributed by atoms with Crippen LogP contribution >= 0.6 is 0 Å². The zero-order valence-electron chi connectivity index (χ0n) is 9.57. The lowest BCUT2D eigenvalue weighted by molar-refractivity contribution is -0.132. The van der Waals surface area contributed by atoms with Crippen LogP contribution in [-0.2, 0) is 14.3 Å². The van der Waals surface area contributed by atoms with Gasteiger partial charge in [-0.05, 0) is 0 Å². The van der Waals surface area contributed by atoms with Crippen LogP contribution in [0.2, 0.25) is 0 Å². The third kappa shape index (κ3) is 7.30. The van der Waals surface area contributed by atoms with Gasteiger partial charge in [-0.1, -0.05) is 6.92 Å². The van der Waals surface area contributed by atoms with Crippen molar-refractivity contribution in [2.75, 3.05) is 46.6 Å². The molecule has 0 aromatic rings. The molecule has 0 bridgehead atoms. The lowest BCUT2D eigenvalue weighted by Crippen LogP contribution is -2.35. The number of hydrogen-bond acceptors (Lipinski definition) is 4. The zero-order valence-corrected chi connectivity index (χ0v) is 9.57. The third-order valence-corrected chi connectivity index (χ3v) is 1.96. The van der Waals surface area contributed by atoms with Crippen molar-refractivity contribution >= 4 is 5.91 Å². The molecule has 0 aromatic heterocycles. The molecule has 0 saturated carbocycles.